The molecule has 2 aromatic rings. The average Bonchev–Trinajstić information content (AvgIpc) is 2.34. The zero-order valence-electron chi connectivity index (χ0n) is 9.86. The molecule has 0 aliphatic rings. The topological polar surface area (TPSA) is 26.0 Å². The Bertz CT molecular complexity index is 540. The molecule has 0 unspecified atom stereocenters. The molecule has 0 amide bonds. The molecule has 4 heteroatoms. The maximum absolute atomic E-state index is 12.8. The quantitative estimate of drug-likeness (QED) is 0.880. The second-order valence-electron chi connectivity index (χ2n) is 4.03. The molecule has 0 fully saturated rings. The van der Waals surface area contributed by atoms with E-state index in [1.165, 1.54) is 12.1 Å². The Balaban J connectivity index is 2.22. The fourth-order valence-electron chi connectivity index (χ4n) is 1.51. The van der Waals surface area contributed by atoms with E-state index in [9.17, 15) is 4.39 Å². The highest BCUT2D eigenvalue weighted by molar-refractivity contribution is 9.10. The third kappa shape index (κ3) is 3.34. The first kappa shape index (κ1) is 13.6. The predicted molar refractivity (Wildman–Crippen MR) is 77.3 cm³/mol. The van der Waals surface area contributed by atoms with Gasteiger partial charge in [0.05, 0.1) is 0 Å². The molecule has 2 aromatic carbocycles. The van der Waals surface area contributed by atoms with Crippen molar-refractivity contribution in [3.63, 3.8) is 0 Å². The molecule has 0 bridgehead atoms. The van der Waals surface area contributed by atoms with Crippen LogP contribution < -0.4 is 5.73 Å². The van der Waals surface area contributed by atoms with Gasteiger partial charge in [0.1, 0.15) is 5.82 Å². The summed E-state index contributed by atoms with van der Waals surface area (Å²) in [6.07, 6.45) is 0. The van der Waals surface area contributed by atoms with E-state index >= 15 is 0 Å². The molecular formula is C14H13BrFNS. The van der Waals surface area contributed by atoms with Crippen molar-refractivity contribution in [1.29, 1.82) is 0 Å². The summed E-state index contributed by atoms with van der Waals surface area (Å²) in [7, 11) is 0. The van der Waals surface area contributed by atoms with Gasteiger partial charge in [-0.25, -0.2) is 4.39 Å². The van der Waals surface area contributed by atoms with E-state index in [0.717, 1.165) is 19.8 Å². The molecular weight excluding hydrogens is 313 g/mol. The van der Waals surface area contributed by atoms with Crippen LogP contribution in [0.3, 0.4) is 0 Å². The average molecular weight is 326 g/mol. The van der Waals surface area contributed by atoms with Gasteiger partial charge in [-0.1, -0.05) is 17.8 Å². The van der Waals surface area contributed by atoms with Gasteiger partial charge in [-0.05, 0) is 64.8 Å². The lowest BCUT2D eigenvalue weighted by Crippen LogP contribution is -2.04. The lowest BCUT2D eigenvalue weighted by atomic mass is 10.1. The largest absolute Gasteiger partial charge is 0.324 e. The number of rotatable bonds is 3. The van der Waals surface area contributed by atoms with Crippen LogP contribution in [0.1, 0.15) is 18.5 Å². The first-order chi connectivity index (χ1) is 8.56. The van der Waals surface area contributed by atoms with Crippen molar-refractivity contribution in [2.45, 2.75) is 22.8 Å². The standard InChI is InChI=1S/C14H13BrFNS/c1-9(17)10-2-7-14(13(15)8-10)18-12-5-3-11(16)4-6-12/h2-9H,17H2,1H3/t9-/m0/s1. The number of nitrogens with two attached hydrogens (primary N) is 1. The summed E-state index contributed by atoms with van der Waals surface area (Å²) < 4.78 is 13.8. The second kappa shape index (κ2) is 5.87. The van der Waals surface area contributed by atoms with Crippen molar-refractivity contribution in [2.24, 2.45) is 5.73 Å². The van der Waals surface area contributed by atoms with Crippen LogP contribution in [0.15, 0.2) is 56.7 Å². The van der Waals surface area contributed by atoms with Crippen LogP contribution in [0.4, 0.5) is 4.39 Å². The molecule has 0 aromatic heterocycles. The minimum Gasteiger partial charge on any atom is -0.324 e. The van der Waals surface area contributed by atoms with E-state index in [4.69, 9.17) is 5.73 Å². The van der Waals surface area contributed by atoms with Crippen molar-refractivity contribution < 1.29 is 4.39 Å². The SMILES string of the molecule is C[C@H](N)c1ccc(Sc2ccc(F)cc2)c(Br)c1. The van der Waals surface area contributed by atoms with Gasteiger partial charge in [0.15, 0.2) is 0 Å². The van der Waals surface area contributed by atoms with Crippen LogP contribution in [0.5, 0.6) is 0 Å². The molecule has 0 saturated heterocycles. The zero-order chi connectivity index (χ0) is 13.1. The van der Waals surface area contributed by atoms with Crippen molar-refractivity contribution >= 4 is 27.7 Å². The second-order valence-corrected chi connectivity index (χ2v) is 6.00. The van der Waals surface area contributed by atoms with Crippen LogP contribution in [-0.2, 0) is 0 Å². The molecule has 0 saturated carbocycles. The Labute approximate surface area is 119 Å². The predicted octanol–water partition coefficient (Wildman–Crippen LogP) is 4.76. The Kier molecular flexibility index (Phi) is 4.43. The van der Waals surface area contributed by atoms with E-state index in [1.807, 2.05) is 25.1 Å². The van der Waals surface area contributed by atoms with Crippen LogP contribution in [0.2, 0.25) is 0 Å². The number of hydrogen-bond acceptors (Lipinski definition) is 2. The van der Waals surface area contributed by atoms with E-state index in [-0.39, 0.29) is 11.9 Å². The van der Waals surface area contributed by atoms with Crippen molar-refractivity contribution in [3.05, 3.63) is 58.3 Å². The molecule has 0 spiro atoms. The summed E-state index contributed by atoms with van der Waals surface area (Å²) in [5.74, 6) is -0.217. The Hall–Kier alpha value is -0.840. The Morgan fingerprint density at radius 2 is 1.83 bits per heavy atom. The Morgan fingerprint density at radius 3 is 2.39 bits per heavy atom. The first-order valence-electron chi connectivity index (χ1n) is 5.54. The third-order valence-corrected chi connectivity index (χ3v) is 4.53. The van der Waals surface area contributed by atoms with Gasteiger partial charge in [0, 0.05) is 20.3 Å². The molecule has 0 radical (unpaired) electrons. The minimum absolute atomic E-state index is 0.0196. The van der Waals surface area contributed by atoms with Crippen molar-refractivity contribution in [3.8, 4) is 0 Å². The van der Waals surface area contributed by atoms with Gasteiger partial charge >= 0.3 is 0 Å². The monoisotopic (exact) mass is 325 g/mol. The Morgan fingerprint density at radius 1 is 1.17 bits per heavy atom. The van der Waals surface area contributed by atoms with Crippen molar-refractivity contribution in [1.82, 2.24) is 0 Å². The van der Waals surface area contributed by atoms with E-state index in [0.29, 0.717) is 0 Å². The summed E-state index contributed by atoms with van der Waals surface area (Å²) in [5.41, 5.74) is 6.92. The summed E-state index contributed by atoms with van der Waals surface area (Å²) in [6.45, 7) is 1.95. The van der Waals surface area contributed by atoms with Crippen LogP contribution in [-0.4, -0.2) is 0 Å². The molecule has 94 valence electrons. The molecule has 2 rings (SSSR count). The summed E-state index contributed by atoms with van der Waals surface area (Å²) in [6, 6.07) is 12.6. The van der Waals surface area contributed by atoms with E-state index < -0.39 is 0 Å². The molecule has 18 heavy (non-hydrogen) atoms. The van der Waals surface area contributed by atoms with Gasteiger partial charge in [0.25, 0.3) is 0 Å². The first-order valence-corrected chi connectivity index (χ1v) is 7.15. The molecule has 0 aliphatic heterocycles. The highest BCUT2D eigenvalue weighted by atomic mass is 79.9. The third-order valence-electron chi connectivity index (χ3n) is 2.52. The lowest BCUT2D eigenvalue weighted by Gasteiger charge is -2.09. The maximum atomic E-state index is 12.8. The smallest absolute Gasteiger partial charge is 0.123 e. The molecule has 0 heterocycles. The van der Waals surface area contributed by atoms with Crippen LogP contribution in [0.25, 0.3) is 0 Å². The van der Waals surface area contributed by atoms with E-state index in [2.05, 4.69) is 15.9 Å². The molecule has 1 atom stereocenters. The van der Waals surface area contributed by atoms with Crippen molar-refractivity contribution in [2.75, 3.05) is 0 Å². The van der Waals surface area contributed by atoms with E-state index in [1.54, 1.807) is 23.9 Å². The molecule has 2 N–H and O–H groups in total. The number of hydrogen-bond donors (Lipinski definition) is 1. The fourth-order valence-corrected chi connectivity index (χ4v) is 2.97. The van der Waals surface area contributed by atoms with Gasteiger partial charge in [-0.15, -0.1) is 0 Å². The highest BCUT2D eigenvalue weighted by Crippen LogP contribution is 2.34. The van der Waals surface area contributed by atoms with Crippen LogP contribution in [0, 0.1) is 5.82 Å². The number of benzene rings is 2. The van der Waals surface area contributed by atoms with Gasteiger partial charge in [0.2, 0.25) is 0 Å². The normalized spacial score (nSPS) is 12.4. The van der Waals surface area contributed by atoms with Gasteiger partial charge < -0.3 is 5.73 Å². The van der Waals surface area contributed by atoms with Crippen LogP contribution >= 0.6 is 27.7 Å². The number of halogens is 2. The molecule has 0 aliphatic carbocycles. The minimum atomic E-state index is -0.217. The van der Waals surface area contributed by atoms with Gasteiger partial charge in [-0.3, -0.25) is 0 Å². The summed E-state index contributed by atoms with van der Waals surface area (Å²) >= 11 is 5.13. The summed E-state index contributed by atoms with van der Waals surface area (Å²) in [5, 5.41) is 0. The zero-order valence-corrected chi connectivity index (χ0v) is 12.3. The van der Waals surface area contributed by atoms with Gasteiger partial charge in [-0.2, -0.15) is 0 Å². The highest BCUT2D eigenvalue weighted by Gasteiger charge is 2.06. The maximum Gasteiger partial charge on any atom is 0.123 e. The molecule has 1 nitrogen and oxygen atoms in total. The fraction of sp³-hybridized carbons (Fsp3) is 0.143. The summed E-state index contributed by atoms with van der Waals surface area (Å²) in [4.78, 5) is 2.09. The lowest BCUT2D eigenvalue weighted by molar-refractivity contribution is 0.626.